The van der Waals surface area contributed by atoms with Gasteiger partial charge >= 0.3 is 11.5 Å². The van der Waals surface area contributed by atoms with Crippen molar-refractivity contribution in [2.24, 2.45) is 5.41 Å². The fourth-order valence-corrected chi connectivity index (χ4v) is 1.60. The molecule has 1 N–H and O–H groups in total. The number of carbonyl (C=O) groups excluding carboxylic acids is 1. The highest BCUT2D eigenvalue weighted by atomic mass is 32.2. The highest BCUT2D eigenvalue weighted by molar-refractivity contribution is 7.83. The van der Waals surface area contributed by atoms with Crippen molar-refractivity contribution in [2.45, 2.75) is 25.8 Å². The summed E-state index contributed by atoms with van der Waals surface area (Å²) in [6.07, 6.45) is 1.35. The Morgan fingerprint density at radius 1 is 1.44 bits per heavy atom. The van der Waals surface area contributed by atoms with Gasteiger partial charge in [0.05, 0.1) is 6.61 Å². The molecule has 1 unspecified atom stereocenters. The van der Waals surface area contributed by atoms with Crippen LogP contribution in [0.4, 0.5) is 13.2 Å². The van der Waals surface area contributed by atoms with Crippen LogP contribution in [-0.2, 0) is 20.5 Å². The Bertz CT molecular complexity index is 329. The molecule has 106 valence electrons. The van der Waals surface area contributed by atoms with Gasteiger partial charge in [-0.3, -0.25) is 0 Å². The first kappa shape index (κ1) is 17.1. The van der Waals surface area contributed by atoms with Gasteiger partial charge in [0.1, 0.15) is 0 Å². The Morgan fingerprint density at radius 2 is 2.00 bits per heavy atom. The van der Waals surface area contributed by atoms with Crippen LogP contribution in [0.3, 0.4) is 0 Å². The number of hydrogen-bond acceptors (Lipinski definition) is 3. The predicted octanol–water partition coefficient (Wildman–Crippen LogP) is 1.91. The second-order valence-corrected chi connectivity index (χ2v) is 5.61. The van der Waals surface area contributed by atoms with Crippen molar-refractivity contribution in [1.29, 1.82) is 0 Å². The molecule has 0 spiro atoms. The molecule has 8 heteroatoms. The van der Waals surface area contributed by atoms with Crippen LogP contribution in [0.2, 0.25) is 0 Å². The van der Waals surface area contributed by atoms with Gasteiger partial charge in [0.25, 0.3) is 0 Å². The van der Waals surface area contributed by atoms with Crippen LogP contribution in [-0.4, -0.2) is 28.8 Å². The lowest BCUT2D eigenvalue weighted by atomic mass is 9.90. The monoisotopic (exact) mass is 287 g/mol. The molecule has 0 aromatic heterocycles. The second kappa shape index (κ2) is 6.89. The standard InChI is InChI=1S/C10H16F3NO3S/c1-4-8(15)17-6-5-9(2,3)7-14-18(16)10(11,12)13/h4,14H,1,5-7H2,2-3H3. The molecule has 0 aliphatic heterocycles. The molecule has 0 saturated heterocycles. The van der Waals surface area contributed by atoms with Crippen LogP contribution < -0.4 is 4.72 Å². The van der Waals surface area contributed by atoms with E-state index < -0.39 is 27.9 Å². The summed E-state index contributed by atoms with van der Waals surface area (Å²) < 4.78 is 53.3. The van der Waals surface area contributed by atoms with Gasteiger partial charge in [-0.25, -0.2) is 13.7 Å². The molecule has 0 saturated carbocycles. The third-order valence-corrected chi connectivity index (χ3v) is 2.91. The summed E-state index contributed by atoms with van der Waals surface area (Å²) >= 11 is 0. The minimum absolute atomic E-state index is 0.0676. The van der Waals surface area contributed by atoms with Gasteiger partial charge in [-0.15, -0.1) is 0 Å². The highest BCUT2D eigenvalue weighted by Crippen LogP contribution is 2.22. The van der Waals surface area contributed by atoms with E-state index >= 15 is 0 Å². The molecule has 0 aromatic carbocycles. The van der Waals surface area contributed by atoms with Crippen LogP contribution in [0.1, 0.15) is 20.3 Å². The minimum Gasteiger partial charge on any atom is -0.463 e. The molecule has 0 bridgehead atoms. The van der Waals surface area contributed by atoms with Crippen molar-refractivity contribution in [3.63, 3.8) is 0 Å². The Hall–Kier alpha value is -0.890. The Morgan fingerprint density at radius 3 is 2.44 bits per heavy atom. The molecular weight excluding hydrogens is 271 g/mol. The second-order valence-electron chi connectivity index (χ2n) is 4.32. The third kappa shape index (κ3) is 7.44. The molecule has 18 heavy (non-hydrogen) atoms. The predicted molar refractivity (Wildman–Crippen MR) is 61.8 cm³/mol. The number of rotatable bonds is 7. The summed E-state index contributed by atoms with van der Waals surface area (Å²) in [7, 11) is -3.07. The first-order valence-corrected chi connectivity index (χ1v) is 6.25. The van der Waals surface area contributed by atoms with Gasteiger partial charge in [0, 0.05) is 12.6 Å². The summed E-state index contributed by atoms with van der Waals surface area (Å²) in [5, 5.41) is 0. The smallest absolute Gasteiger partial charge is 0.463 e. The van der Waals surface area contributed by atoms with Crippen molar-refractivity contribution in [2.75, 3.05) is 13.2 Å². The maximum atomic E-state index is 12.0. The van der Waals surface area contributed by atoms with E-state index in [0.717, 1.165) is 6.08 Å². The zero-order chi connectivity index (χ0) is 14.4. The fraction of sp³-hybridized carbons (Fsp3) is 0.700. The molecule has 0 aliphatic carbocycles. The summed E-state index contributed by atoms with van der Waals surface area (Å²) in [4.78, 5) is 10.7. The molecule has 0 amide bonds. The molecule has 0 rings (SSSR count). The number of carbonyl (C=O) groups is 1. The summed E-state index contributed by atoms with van der Waals surface area (Å²) in [5.74, 6) is -0.586. The maximum absolute atomic E-state index is 12.0. The zero-order valence-corrected chi connectivity index (χ0v) is 11.0. The lowest BCUT2D eigenvalue weighted by molar-refractivity contribution is -0.138. The lowest BCUT2D eigenvalue weighted by Crippen LogP contribution is -2.37. The van der Waals surface area contributed by atoms with E-state index in [9.17, 15) is 22.2 Å². The number of alkyl halides is 3. The van der Waals surface area contributed by atoms with Crippen molar-refractivity contribution >= 4 is 17.0 Å². The number of nitrogens with one attached hydrogen (secondary N) is 1. The zero-order valence-electron chi connectivity index (χ0n) is 10.2. The quantitative estimate of drug-likeness (QED) is 0.575. The number of halogens is 3. The van der Waals surface area contributed by atoms with Crippen LogP contribution in [0.25, 0.3) is 0 Å². The minimum atomic E-state index is -4.77. The Balaban J connectivity index is 4.04. The van der Waals surface area contributed by atoms with Crippen LogP contribution in [0.15, 0.2) is 12.7 Å². The van der Waals surface area contributed by atoms with Crippen LogP contribution in [0, 0.1) is 5.41 Å². The van der Waals surface area contributed by atoms with E-state index in [1.807, 2.05) is 4.72 Å². The Kier molecular flexibility index (Phi) is 6.55. The van der Waals surface area contributed by atoms with E-state index in [2.05, 4.69) is 6.58 Å². The topological polar surface area (TPSA) is 55.4 Å². The largest absolute Gasteiger partial charge is 0.485 e. The first-order valence-electron chi connectivity index (χ1n) is 5.10. The SMILES string of the molecule is C=CC(=O)OCCC(C)(C)CNS(=O)C(F)(F)F. The molecule has 0 aromatic rings. The van der Waals surface area contributed by atoms with Crippen LogP contribution >= 0.6 is 0 Å². The highest BCUT2D eigenvalue weighted by Gasteiger charge is 2.37. The number of esters is 1. The van der Waals surface area contributed by atoms with E-state index in [-0.39, 0.29) is 13.2 Å². The van der Waals surface area contributed by atoms with E-state index in [0.29, 0.717) is 6.42 Å². The van der Waals surface area contributed by atoms with Gasteiger partial charge in [0.15, 0.2) is 11.0 Å². The van der Waals surface area contributed by atoms with E-state index in [1.54, 1.807) is 13.8 Å². The van der Waals surface area contributed by atoms with Crippen molar-refractivity contribution in [3.05, 3.63) is 12.7 Å². The maximum Gasteiger partial charge on any atom is 0.485 e. The number of hydrogen-bond donors (Lipinski definition) is 1. The van der Waals surface area contributed by atoms with E-state index in [1.165, 1.54) is 0 Å². The van der Waals surface area contributed by atoms with Gasteiger partial charge in [-0.05, 0) is 11.8 Å². The van der Waals surface area contributed by atoms with Crippen LogP contribution in [0.5, 0.6) is 0 Å². The van der Waals surface area contributed by atoms with Crippen molar-refractivity contribution in [1.82, 2.24) is 4.72 Å². The first-order chi connectivity index (χ1) is 8.08. The van der Waals surface area contributed by atoms with Gasteiger partial charge in [-0.2, -0.15) is 13.2 Å². The summed E-state index contributed by atoms with van der Waals surface area (Å²) in [6.45, 7) is 6.52. The third-order valence-electron chi connectivity index (χ3n) is 2.08. The molecular formula is C10H16F3NO3S. The average Bonchev–Trinajstić information content (AvgIpc) is 2.24. The van der Waals surface area contributed by atoms with Crippen molar-refractivity contribution in [3.8, 4) is 0 Å². The lowest BCUT2D eigenvalue weighted by Gasteiger charge is -2.24. The average molecular weight is 287 g/mol. The fourth-order valence-electron chi connectivity index (χ4n) is 0.918. The van der Waals surface area contributed by atoms with E-state index in [4.69, 9.17) is 4.74 Å². The summed E-state index contributed by atoms with van der Waals surface area (Å²) in [5.41, 5.74) is -5.35. The molecule has 0 heterocycles. The van der Waals surface area contributed by atoms with Gasteiger partial charge < -0.3 is 4.74 Å². The molecule has 1 atom stereocenters. The summed E-state index contributed by atoms with van der Waals surface area (Å²) in [6, 6.07) is 0. The Labute approximate surface area is 106 Å². The molecule has 0 fully saturated rings. The normalized spacial score (nSPS) is 14.1. The van der Waals surface area contributed by atoms with Gasteiger partial charge in [0.2, 0.25) is 0 Å². The number of ether oxygens (including phenoxy) is 1. The molecule has 4 nitrogen and oxygen atoms in total. The molecule has 0 radical (unpaired) electrons. The van der Waals surface area contributed by atoms with Crippen molar-refractivity contribution < 1.29 is 26.9 Å². The van der Waals surface area contributed by atoms with Gasteiger partial charge in [-0.1, -0.05) is 20.4 Å². The molecule has 0 aliphatic rings.